The third-order valence-electron chi connectivity index (χ3n) is 5.98. The van der Waals surface area contributed by atoms with Crippen LogP contribution in [0, 0.1) is 16.7 Å². The summed E-state index contributed by atoms with van der Waals surface area (Å²) in [5.74, 6) is -0.872. The minimum atomic E-state index is -4.23. The second kappa shape index (κ2) is 9.02. The summed E-state index contributed by atoms with van der Waals surface area (Å²) >= 11 is 0. The quantitative estimate of drug-likeness (QED) is 0.443. The van der Waals surface area contributed by atoms with Gasteiger partial charge in [0.2, 0.25) is 5.91 Å². The molecule has 2 atom stereocenters. The molecule has 0 aliphatic heterocycles. The maximum absolute atomic E-state index is 13.2. The van der Waals surface area contributed by atoms with Crippen LogP contribution in [0.3, 0.4) is 0 Å². The molecule has 0 spiro atoms. The van der Waals surface area contributed by atoms with Crippen LogP contribution in [0.5, 0.6) is 11.5 Å². The van der Waals surface area contributed by atoms with Gasteiger partial charge in [-0.2, -0.15) is 0 Å². The number of amides is 1. The second-order valence-corrected chi connectivity index (χ2v) is 10.7. The van der Waals surface area contributed by atoms with Gasteiger partial charge in [0.05, 0.1) is 17.6 Å². The van der Waals surface area contributed by atoms with Gasteiger partial charge in [-0.1, -0.05) is 45.0 Å². The number of allylic oxidation sites excluding steroid dienone is 1. The minimum absolute atomic E-state index is 0.0275. The molecule has 2 aromatic rings. The van der Waals surface area contributed by atoms with Gasteiger partial charge >= 0.3 is 5.97 Å². The Bertz CT molecular complexity index is 1180. The molecule has 1 N–H and O–H groups in total. The van der Waals surface area contributed by atoms with Crippen molar-refractivity contribution in [3.05, 3.63) is 66.7 Å². The predicted molar refractivity (Wildman–Crippen MR) is 124 cm³/mol. The molecule has 176 valence electrons. The zero-order valence-corrected chi connectivity index (χ0v) is 20.1. The Morgan fingerprint density at radius 2 is 1.88 bits per heavy atom. The Balaban J connectivity index is 1.88. The third kappa shape index (κ3) is 4.80. The number of esters is 1. The van der Waals surface area contributed by atoms with Crippen LogP contribution in [-0.4, -0.2) is 26.9 Å². The number of nitrogens with one attached hydrogen (secondary N) is 1. The van der Waals surface area contributed by atoms with Crippen LogP contribution < -0.4 is 9.46 Å². The van der Waals surface area contributed by atoms with Crippen LogP contribution >= 0.6 is 0 Å². The van der Waals surface area contributed by atoms with Crippen molar-refractivity contribution in [1.82, 2.24) is 4.72 Å². The standard InChI is InChI=1S/C25H29NO6S/c1-6-18-16-25(18,24(3,4)5)23(28)26-33(29,30)21-14-9-8-13-20(21)32-19-12-10-11-17(15-19)22(27)31-7-2/h6,8-15,18H,1,7,16H2,2-5H3,(H,26,28)/t18-,25-/m1/s1. The van der Waals surface area contributed by atoms with E-state index in [9.17, 15) is 18.0 Å². The SMILES string of the molecule is C=C[C@@H]1C[C@@]1(C(=O)NS(=O)(=O)c1ccccc1Oc1cccc(C(=O)OCC)c1)C(C)(C)C. The molecule has 0 heterocycles. The monoisotopic (exact) mass is 471 g/mol. The number of ether oxygens (including phenoxy) is 2. The second-order valence-electron chi connectivity index (χ2n) is 9.00. The molecule has 1 fully saturated rings. The first-order chi connectivity index (χ1) is 15.5. The smallest absolute Gasteiger partial charge is 0.338 e. The summed E-state index contributed by atoms with van der Waals surface area (Å²) in [7, 11) is -4.23. The van der Waals surface area contributed by atoms with Gasteiger partial charge in [0.15, 0.2) is 0 Å². The number of para-hydroxylation sites is 1. The van der Waals surface area contributed by atoms with E-state index in [0.29, 0.717) is 6.42 Å². The van der Waals surface area contributed by atoms with E-state index in [-0.39, 0.29) is 34.5 Å². The molecule has 1 aliphatic carbocycles. The Morgan fingerprint density at radius 3 is 2.48 bits per heavy atom. The number of benzene rings is 2. The molecular formula is C25H29NO6S. The van der Waals surface area contributed by atoms with Gasteiger partial charge in [0.25, 0.3) is 10.0 Å². The molecule has 7 nitrogen and oxygen atoms in total. The summed E-state index contributed by atoms with van der Waals surface area (Å²) in [5.41, 5.74) is -1.01. The number of carbonyl (C=O) groups is 2. The van der Waals surface area contributed by atoms with Gasteiger partial charge in [0, 0.05) is 0 Å². The molecule has 33 heavy (non-hydrogen) atoms. The van der Waals surface area contributed by atoms with Crippen molar-refractivity contribution in [3.63, 3.8) is 0 Å². The summed E-state index contributed by atoms with van der Waals surface area (Å²) in [6.45, 7) is 11.5. The summed E-state index contributed by atoms with van der Waals surface area (Å²) in [6.07, 6.45) is 2.24. The molecule has 1 saturated carbocycles. The van der Waals surface area contributed by atoms with Crippen LogP contribution in [0.25, 0.3) is 0 Å². The maximum Gasteiger partial charge on any atom is 0.338 e. The highest BCUT2D eigenvalue weighted by molar-refractivity contribution is 7.90. The van der Waals surface area contributed by atoms with Gasteiger partial charge in [-0.25, -0.2) is 17.9 Å². The zero-order valence-electron chi connectivity index (χ0n) is 19.3. The Hall–Kier alpha value is -3.13. The highest BCUT2D eigenvalue weighted by Crippen LogP contribution is 2.64. The summed E-state index contributed by atoms with van der Waals surface area (Å²) < 4.78 is 39.4. The Kier molecular flexibility index (Phi) is 6.70. The van der Waals surface area contributed by atoms with Crippen molar-refractivity contribution in [1.29, 1.82) is 0 Å². The first kappa shape index (κ1) is 24.5. The summed E-state index contributed by atoms with van der Waals surface area (Å²) in [6, 6.07) is 12.3. The van der Waals surface area contributed by atoms with Crippen LogP contribution in [0.15, 0.2) is 66.1 Å². The van der Waals surface area contributed by atoms with Gasteiger partial charge in [-0.05, 0) is 55.0 Å². The molecule has 3 rings (SSSR count). The molecule has 0 aromatic heterocycles. The fourth-order valence-electron chi connectivity index (χ4n) is 4.09. The number of hydrogen-bond acceptors (Lipinski definition) is 6. The molecule has 1 amide bonds. The number of sulfonamides is 1. The van der Waals surface area contributed by atoms with Gasteiger partial charge in [0.1, 0.15) is 16.4 Å². The fourth-order valence-corrected chi connectivity index (χ4v) is 5.26. The maximum atomic E-state index is 13.2. The normalized spacial score (nSPS) is 19.9. The molecular weight excluding hydrogens is 442 g/mol. The van der Waals surface area contributed by atoms with Gasteiger partial charge in [-0.3, -0.25) is 4.79 Å². The van der Waals surface area contributed by atoms with E-state index in [1.807, 2.05) is 20.8 Å². The Labute approximate surface area is 194 Å². The van der Waals surface area contributed by atoms with E-state index in [1.54, 1.807) is 43.3 Å². The third-order valence-corrected chi connectivity index (χ3v) is 7.35. The zero-order chi connectivity index (χ0) is 24.4. The van der Waals surface area contributed by atoms with E-state index in [4.69, 9.17) is 9.47 Å². The molecule has 2 aromatic carbocycles. The van der Waals surface area contributed by atoms with Crippen molar-refractivity contribution >= 4 is 21.9 Å². The number of rotatable bonds is 8. The fraction of sp³-hybridized carbons (Fsp3) is 0.360. The highest BCUT2D eigenvalue weighted by Gasteiger charge is 2.65. The van der Waals surface area contributed by atoms with E-state index in [0.717, 1.165) is 0 Å². The van der Waals surface area contributed by atoms with Crippen LogP contribution in [-0.2, 0) is 19.6 Å². The van der Waals surface area contributed by atoms with E-state index < -0.39 is 32.7 Å². The average Bonchev–Trinajstić information content (AvgIpc) is 3.51. The van der Waals surface area contributed by atoms with E-state index in [2.05, 4.69) is 11.3 Å². The minimum Gasteiger partial charge on any atom is -0.462 e. The van der Waals surface area contributed by atoms with Crippen molar-refractivity contribution in [3.8, 4) is 11.5 Å². The van der Waals surface area contributed by atoms with Gasteiger partial charge in [-0.15, -0.1) is 6.58 Å². The highest BCUT2D eigenvalue weighted by atomic mass is 32.2. The lowest BCUT2D eigenvalue weighted by atomic mass is 9.75. The average molecular weight is 472 g/mol. The molecule has 0 saturated heterocycles. The van der Waals surface area contributed by atoms with Crippen molar-refractivity contribution in [2.45, 2.75) is 39.0 Å². The van der Waals surface area contributed by atoms with Crippen molar-refractivity contribution in [2.24, 2.45) is 16.7 Å². The van der Waals surface area contributed by atoms with Crippen LogP contribution in [0.1, 0.15) is 44.5 Å². The lowest BCUT2D eigenvalue weighted by Crippen LogP contribution is -2.43. The first-order valence-electron chi connectivity index (χ1n) is 10.7. The van der Waals surface area contributed by atoms with Crippen LogP contribution in [0.4, 0.5) is 0 Å². The van der Waals surface area contributed by atoms with Crippen molar-refractivity contribution in [2.75, 3.05) is 6.61 Å². The predicted octanol–water partition coefficient (Wildman–Crippen LogP) is 4.70. The van der Waals surface area contributed by atoms with Crippen LogP contribution in [0.2, 0.25) is 0 Å². The number of carbonyl (C=O) groups excluding carboxylic acids is 2. The molecule has 1 aliphatic rings. The van der Waals surface area contributed by atoms with E-state index >= 15 is 0 Å². The van der Waals surface area contributed by atoms with Crippen molar-refractivity contribution < 1.29 is 27.5 Å². The summed E-state index contributed by atoms with van der Waals surface area (Å²) in [4.78, 5) is 25.0. The lowest BCUT2D eigenvalue weighted by molar-refractivity contribution is -0.128. The van der Waals surface area contributed by atoms with E-state index in [1.165, 1.54) is 18.2 Å². The number of hydrogen-bond donors (Lipinski definition) is 1. The Morgan fingerprint density at radius 1 is 1.18 bits per heavy atom. The first-order valence-corrected chi connectivity index (χ1v) is 12.2. The molecule has 8 heteroatoms. The summed E-state index contributed by atoms with van der Waals surface area (Å²) in [5, 5.41) is 0. The lowest BCUT2D eigenvalue weighted by Gasteiger charge is -2.30. The largest absolute Gasteiger partial charge is 0.462 e. The molecule has 0 bridgehead atoms. The topological polar surface area (TPSA) is 98.8 Å². The molecule has 0 unspecified atom stereocenters. The van der Waals surface area contributed by atoms with Gasteiger partial charge < -0.3 is 9.47 Å². The molecule has 0 radical (unpaired) electrons.